The third-order valence-electron chi connectivity index (χ3n) is 3.99. The van der Waals surface area contributed by atoms with Gasteiger partial charge in [0.05, 0.1) is 0 Å². The number of nitrogens with zero attached hydrogens (tertiary/aromatic N) is 1. The minimum absolute atomic E-state index is 0.171. The van der Waals surface area contributed by atoms with Gasteiger partial charge in [-0.25, -0.2) is 0 Å². The van der Waals surface area contributed by atoms with Crippen molar-refractivity contribution in [2.75, 3.05) is 13.1 Å². The van der Waals surface area contributed by atoms with Crippen molar-refractivity contribution < 1.29 is 0 Å². The minimum atomic E-state index is 0.171. The minimum Gasteiger partial charge on any atom is -0.326 e. The summed E-state index contributed by atoms with van der Waals surface area (Å²) in [5.74, 6) is 0.912. The Balaban J connectivity index is 2.23. The second kappa shape index (κ2) is 5.85. The zero-order chi connectivity index (χ0) is 13.1. The Kier molecular flexibility index (Phi) is 4.41. The molecule has 0 radical (unpaired) electrons. The quantitative estimate of drug-likeness (QED) is 0.835. The van der Waals surface area contributed by atoms with Crippen LogP contribution in [0.4, 0.5) is 0 Å². The van der Waals surface area contributed by atoms with Gasteiger partial charge < -0.3 is 5.73 Å². The predicted octanol–water partition coefficient (Wildman–Crippen LogP) is 3.12. The molecule has 0 bridgehead atoms. The monoisotopic (exact) mass is 246 g/mol. The molecule has 1 saturated carbocycles. The summed E-state index contributed by atoms with van der Waals surface area (Å²) in [4.78, 5) is 2.56. The van der Waals surface area contributed by atoms with Crippen molar-refractivity contribution in [2.24, 2.45) is 11.7 Å². The molecule has 0 amide bonds. The van der Waals surface area contributed by atoms with Crippen LogP contribution in [0.5, 0.6) is 0 Å². The summed E-state index contributed by atoms with van der Waals surface area (Å²) in [6.07, 6.45) is 2.80. The molecular formula is C16H26N2. The van der Waals surface area contributed by atoms with Crippen LogP contribution >= 0.6 is 0 Å². The molecule has 2 nitrogen and oxygen atoms in total. The summed E-state index contributed by atoms with van der Waals surface area (Å²) in [5.41, 5.74) is 9.02. The fourth-order valence-corrected chi connectivity index (χ4v) is 2.80. The Morgan fingerprint density at radius 2 is 2.00 bits per heavy atom. The van der Waals surface area contributed by atoms with E-state index in [1.54, 1.807) is 0 Å². The zero-order valence-corrected chi connectivity index (χ0v) is 11.9. The molecule has 2 N–H and O–H groups in total. The first-order valence-corrected chi connectivity index (χ1v) is 7.18. The van der Waals surface area contributed by atoms with E-state index in [9.17, 15) is 0 Å². The van der Waals surface area contributed by atoms with Gasteiger partial charge in [-0.2, -0.15) is 0 Å². The molecule has 1 aromatic carbocycles. The molecular weight excluding hydrogens is 220 g/mol. The highest BCUT2D eigenvalue weighted by Gasteiger charge is 2.30. The molecule has 0 aromatic heterocycles. The van der Waals surface area contributed by atoms with Crippen molar-refractivity contribution in [2.45, 2.75) is 45.7 Å². The molecule has 1 aromatic rings. The van der Waals surface area contributed by atoms with E-state index in [2.05, 4.69) is 49.9 Å². The van der Waals surface area contributed by atoms with E-state index in [-0.39, 0.29) is 6.04 Å². The Morgan fingerprint density at radius 3 is 2.50 bits per heavy atom. The lowest BCUT2D eigenvalue weighted by Crippen LogP contribution is -2.40. The molecule has 0 aliphatic heterocycles. The second-order valence-electron chi connectivity index (χ2n) is 5.69. The van der Waals surface area contributed by atoms with Crippen LogP contribution in [0.2, 0.25) is 0 Å². The van der Waals surface area contributed by atoms with Gasteiger partial charge in [0, 0.05) is 18.6 Å². The molecule has 1 aliphatic rings. The van der Waals surface area contributed by atoms with E-state index in [4.69, 9.17) is 5.73 Å². The normalized spacial score (nSPS) is 18.9. The second-order valence-corrected chi connectivity index (χ2v) is 5.69. The molecule has 1 aliphatic carbocycles. The topological polar surface area (TPSA) is 29.3 Å². The van der Waals surface area contributed by atoms with Gasteiger partial charge in [-0.15, -0.1) is 0 Å². The predicted molar refractivity (Wildman–Crippen MR) is 77.5 cm³/mol. The Bertz CT molecular complexity index is 382. The number of rotatable bonds is 6. The van der Waals surface area contributed by atoms with Gasteiger partial charge in [0.25, 0.3) is 0 Å². The molecule has 2 atom stereocenters. The van der Waals surface area contributed by atoms with Crippen LogP contribution < -0.4 is 5.73 Å². The van der Waals surface area contributed by atoms with Gasteiger partial charge in [-0.05, 0) is 50.3 Å². The fraction of sp³-hybridized carbons (Fsp3) is 0.625. The van der Waals surface area contributed by atoms with Gasteiger partial charge >= 0.3 is 0 Å². The number of likely N-dealkylation sites (N-methyl/N-ethyl adjacent to an activating group) is 1. The number of hydrogen-bond acceptors (Lipinski definition) is 2. The van der Waals surface area contributed by atoms with Crippen LogP contribution in [0, 0.1) is 12.8 Å². The molecule has 2 rings (SSSR count). The van der Waals surface area contributed by atoms with E-state index in [1.807, 2.05) is 0 Å². The van der Waals surface area contributed by atoms with Crippen LogP contribution in [0.3, 0.4) is 0 Å². The summed E-state index contributed by atoms with van der Waals surface area (Å²) >= 11 is 0. The number of nitrogens with two attached hydrogens (primary N) is 1. The van der Waals surface area contributed by atoms with Crippen molar-refractivity contribution in [3.05, 3.63) is 35.4 Å². The highest BCUT2D eigenvalue weighted by Crippen LogP contribution is 2.34. The Hall–Kier alpha value is -0.860. The molecule has 18 heavy (non-hydrogen) atoms. The highest BCUT2D eigenvalue weighted by atomic mass is 15.2. The van der Waals surface area contributed by atoms with Gasteiger partial charge in [0.1, 0.15) is 0 Å². The van der Waals surface area contributed by atoms with Crippen molar-refractivity contribution in [3.8, 4) is 0 Å². The number of hydrogen-bond donors (Lipinski definition) is 1. The van der Waals surface area contributed by atoms with Crippen molar-refractivity contribution in [3.63, 3.8) is 0 Å². The molecule has 2 unspecified atom stereocenters. The van der Waals surface area contributed by atoms with E-state index >= 15 is 0 Å². The van der Waals surface area contributed by atoms with Crippen LogP contribution in [0.15, 0.2) is 24.3 Å². The van der Waals surface area contributed by atoms with Gasteiger partial charge in [-0.1, -0.05) is 31.2 Å². The zero-order valence-electron chi connectivity index (χ0n) is 11.9. The Labute approximate surface area is 111 Å². The van der Waals surface area contributed by atoms with Crippen LogP contribution in [-0.2, 0) is 0 Å². The van der Waals surface area contributed by atoms with E-state index in [0.29, 0.717) is 6.04 Å². The molecule has 0 spiro atoms. The van der Waals surface area contributed by atoms with Crippen molar-refractivity contribution in [1.82, 2.24) is 4.90 Å². The lowest BCUT2D eigenvalue weighted by Gasteiger charge is -2.35. The average Bonchev–Trinajstić information content (AvgIpc) is 3.14. The highest BCUT2D eigenvalue weighted by molar-refractivity contribution is 5.30. The number of benzene rings is 1. The Morgan fingerprint density at radius 1 is 1.33 bits per heavy atom. The standard InChI is InChI=1S/C16H26N2/c1-4-18(11-14-9-10-14)16(13(3)17)15-8-6-5-7-12(15)2/h5-8,13-14,16H,4,9-11,17H2,1-3H3. The molecule has 1 fully saturated rings. The summed E-state index contributed by atoms with van der Waals surface area (Å²) in [7, 11) is 0. The molecule has 100 valence electrons. The van der Waals surface area contributed by atoms with Gasteiger partial charge in [-0.3, -0.25) is 4.90 Å². The largest absolute Gasteiger partial charge is 0.326 e. The van der Waals surface area contributed by atoms with Crippen LogP contribution in [0.25, 0.3) is 0 Å². The summed E-state index contributed by atoms with van der Waals surface area (Å²) in [5, 5.41) is 0. The van der Waals surface area contributed by atoms with E-state index in [0.717, 1.165) is 12.5 Å². The van der Waals surface area contributed by atoms with Crippen molar-refractivity contribution >= 4 is 0 Å². The molecule has 0 saturated heterocycles. The first-order valence-electron chi connectivity index (χ1n) is 7.18. The third kappa shape index (κ3) is 3.12. The van der Waals surface area contributed by atoms with Crippen LogP contribution in [-0.4, -0.2) is 24.0 Å². The maximum absolute atomic E-state index is 6.27. The van der Waals surface area contributed by atoms with Crippen LogP contribution in [0.1, 0.15) is 43.9 Å². The summed E-state index contributed by atoms with van der Waals surface area (Å²) < 4.78 is 0. The smallest absolute Gasteiger partial charge is 0.0499 e. The molecule has 2 heteroatoms. The average molecular weight is 246 g/mol. The first-order chi connectivity index (χ1) is 8.63. The maximum atomic E-state index is 6.27. The fourth-order valence-electron chi connectivity index (χ4n) is 2.80. The summed E-state index contributed by atoms with van der Waals surface area (Å²) in [6, 6.07) is 9.19. The van der Waals surface area contributed by atoms with Gasteiger partial charge in [0.2, 0.25) is 0 Å². The SMILES string of the molecule is CCN(CC1CC1)C(c1ccccc1C)C(C)N. The van der Waals surface area contributed by atoms with Gasteiger partial charge in [0.15, 0.2) is 0 Å². The number of aryl methyl sites for hydroxylation is 1. The maximum Gasteiger partial charge on any atom is 0.0499 e. The van der Waals surface area contributed by atoms with E-state index < -0.39 is 0 Å². The van der Waals surface area contributed by atoms with Crippen molar-refractivity contribution in [1.29, 1.82) is 0 Å². The lowest BCUT2D eigenvalue weighted by molar-refractivity contribution is 0.177. The first kappa shape index (κ1) is 13.6. The summed E-state index contributed by atoms with van der Waals surface area (Å²) in [6.45, 7) is 8.85. The third-order valence-corrected chi connectivity index (χ3v) is 3.99. The lowest BCUT2D eigenvalue weighted by atomic mass is 9.95. The van der Waals surface area contributed by atoms with E-state index in [1.165, 1.54) is 30.5 Å². The molecule has 0 heterocycles.